The van der Waals surface area contributed by atoms with Crippen molar-refractivity contribution in [3.8, 4) is 5.75 Å². The summed E-state index contributed by atoms with van der Waals surface area (Å²) in [4.78, 5) is 9.79. The van der Waals surface area contributed by atoms with Gasteiger partial charge in [-0.15, -0.1) is 13.2 Å². The van der Waals surface area contributed by atoms with Crippen LogP contribution in [0.1, 0.15) is 5.56 Å². The SMILES string of the molecule is O=[N+]([O-])c1ccc(NCc2ccc(OC(F)(F)F)cc2)c(F)c1. The largest absolute Gasteiger partial charge is 0.573 e. The molecule has 0 aromatic heterocycles. The third-order valence-electron chi connectivity index (χ3n) is 2.80. The Kier molecular flexibility index (Phi) is 4.68. The number of alkyl halides is 3. The summed E-state index contributed by atoms with van der Waals surface area (Å²) in [6.07, 6.45) is -4.76. The van der Waals surface area contributed by atoms with Crippen molar-refractivity contribution in [3.63, 3.8) is 0 Å². The van der Waals surface area contributed by atoms with Gasteiger partial charge in [-0.25, -0.2) is 4.39 Å². The number of nitro benzene ring substituents is 1. The molecule has 0 aliphatic carbocycles. The minimum Gasteiger partial charge on any atom is -0.406 e. The molecule has 0 heterocycles. The fourth-order valence-electron chi connectivity index (χ4n) is 1.77. The first-order chi connectivity index (χ1) is 10.7. The minimum atomic E-state index is -4.76. The van der Waals surface area contributed by atoms with Gasteiger partial charge in [0.15, 0.2) is 5.82 Å². The van der Waals surface area contributed by atoms with Crippen LogP contribution in [0.4, 0.5) is 28.9 Å². The molecule has 0 atom stereocenters. The maximum Gasteiger partial charge on any atom is 0.573 e. The highest BCUT2D eigenvalue weighted by Gasteiger charge is 2.30. The van der Waals surface area contributed by atoms with Crippen LogP contribution in [-0.2, 0) is 6.54 Å². The minimum absolute atomic E-state index is 0.0474. The van der Waals surface area contributed by atoms with Crippen LogP contribution in [0.15, 0.2) is 42.5 Å². The number of nitrogens with one attached hydrogen (secondary N) is 1. The highest BCUT2D eigenvalue weighted by molar-refractivity contribution is 5.50. The van der Waals surface area contributed by atoms with Crippen molar-refractivity contribution >= 4 is 11.4 Å². The lowest BCUT2D eigenvalue weighted by molar-refractivity contribution is -0.385. The zero-order valence-electron chi connectivity index (χ0n) is 11.4. The number of rotatable bonds is 5. The first-order valence-corrected chi connectivity index (χ1v) is 6.27. The Hall–Kier alpha value is -2.84. The van der Waals surface area contributed by atoms with E-state index in [-0.39, 0.29) is 23.7 Å². The number of ether oxygens (including phenoxy) is 1. The van der Waals surface area contributed by atoms with Crippen molar-refractivity contribution in [3.05, 3.63) is 64.0 Å². The third-order valence-corrected chi connectivity index (χ3v) is 2.80. The van der Waals surface area contributed by atoms with Crippen LogP contribution in [0.5, 0.6) is 5.75 Å². The molecule has 0 fully saturated rings. The molecular formula is C14H10F4N2O3. The van der Waals surface area contributed by atoms with Gasteiger partial charge < -0.3 is 10.1 Å². The number of non-ortho nitro benzene ring substituents is 1. The van der Waals surface area contributed by atoms with Crippen LogP contribution in [0.25, 0.3) is 0 Å². The molecule has 0 aliphatic rings. The maximum atomic E-state index is 13.7. The highest BCUT2D eigenvalue weighted by Crippen LogP contribution is 2.24. The predicted octanol–water partition coefficient (Wildman–Crippen LogP) is 4.24. The van der Waals surface area contributed by atoms with E-state index in [0.29, 0.717) is 5.56 Å². The molecule has 0 unspecified atom stereocenters. The molecule has 9 heteroatoms. The number of nitro groups is 1. The van der Waals surface area contributed by atoms with E-state index >= 15 is 0 Å². The molecule has 0 spiro atoms. The van der Waals surface area contributed by atoms with E-state index in [1.54, 1.807) is 0 Å². The molecule has 0 saturated carbocycles. The van der Waals surface area contributed by atoms with Crippen molar-refractivity contribution in [2.45, 2.75) is 12.9 Å². The van der Waals surface area contributed by atoms with Crippen molar-refractivity contribution in [2.24, 2.45) is 0 Å². The number of benzene rings is 2. The quantitative estimate of drug-likeness (QED) is 0.506. The number of halogens is 4. The Bertz CT molecular complexity index is 702. The lowest BCUT2D eigenvalue weighted by Crippen LogP contribution is -2.17. The zero-order chi connectivity index (χ0) is 17.0. The summed E-state index contributed by atoms with van der Waals surface area (Å²) in [5.41, 5.74) is 0.255. The molecule has 2 aromatic rings. The Morgan fingerprint density at radius 1 is 1.13 bits per heavy atom. The summed E-state index contributed by atoms with van der Waals surface area (Å²) in [6.45, 7) is 0.126. The van der Waals surface area contributed by atoms with E-state index in [2.05, 4.69) is 10.1 Å². The molecular weight excluding hydrogens is 320 g/mol. The Balaban J connectivity index is 2.00. The Morgan fingerprint density at radius 3 is 2.30 bits per heavy atom. The molecule has 0 radical (unpaired) electrons. The van der Waals surface area contributed by atoms with Crippen molar-refractivity contribution in [1.82, 2.24) is 0 Å². The monoisotopic (exact) mass is 330 g/mol. The smallest absolute Gasteiger partial charge is 0.406 e. The molecule has 23 heavy (non-hydrogen) atoms. The first kappa shape index (κ1) is 16.5. The fourth-order valence-corrected chi connectivity index (χ4v) is 1.77. The summed E-state index contributed by atoms with van der Waals surface area (Å²) in [5.74, 6) is -1.15. The van der Waals surface area contributed by atoms with E-state index in [9.17, 15) is 27.7 Å². The van der Waals surface area contributed by atoms with Crippen LogP contribution in [0.3, 0.4) is 0 Å². The van der Waals surface area contributed by atoms with Crippen LogP contribution in [-0.4, -0.2) is 11.3 Å². The van der Waals surface area contributed by atoms with Crippen molar-refractivity contribution < 1.29 is 27.2 Å². The maximum absolute atomic E-state index is 13.7. The lowest BCUT2D eigenvalue weighted by atomic mass is 10.2. The normalized spacial score (nSPS) is 11.1. The second kappa shape index (κ2) is 6.51. The molecule has 0 bridgehead atoms. The fraction of sp³-hybridized carbons (Fsp3) is 0.143. The zero-order valence-corrected chi connectivity index (χ0v) is 11.4. The van der Waals surface area contributed by atoms with Gasteiger partial charge >= 0.3 is 6.36 Å². The van der Waals surface area contributed by atoms with Gasteiger partial charge in [0.05, 0.1) is 16.7 Å². The van der Waals surface area contributed by atoms with E-state index in [1.165, 1.54) is 18.2 Å². The summed E-state index contributed by atoms with van der Waals surface area (Å²) < 4.78 is 53.4. The van der Waals surface area contributed by atoms with Gasteiger partial charge in [0, 0.05) is 12.6 Å². The van der Waals surface area contributed by atoms with Gasteiger partial charge in [0.25, 0.3) is 5.69 Å². The summed E-state index contributed by atoms with van der Waals surface area (Å²) in [5, 5.41) is 13.2. The second-order valence-electron chi connectivity index (χ2n) is 4.47. The predicted molar refractivity (Wildman–Crippen MR) is 73.5 cm³/mol. The van der Waals surface area contributed by atoms with E-state index in [0.717, 1.165) is 24.3 Å². The number of hydrogen-bond donors (Lipinski definition) is 1. The van der Waals surface area contributed by atoms with E-state index in [4.69, 9.17) is 0 Å². The van der Waals surface area contributed by atoms with Crippen LogP contribution in [0, 0.1) is 15.9 Å². The van der Waals surface area contributed by atoms with Crippen LogP contribution < -0.4 is 10.1 Å². The third kappa shape index (κ3) is 4.83. The number of anilines is 1. The van der Waals surface area contributed by atoms with E-state index in [1.807, 2.05) is 0 Å². The summed E-state index contributed by atoms with van der Waals surface area (Å²) >= 11 is 0. The molecule has 2 rings (SSSR count). The molecule has 0 saturated heterocycles. The second-order valence-corrected chi connectivity index (χ2v) is 4.47. The first-order valence-electron chi connectivity index (χ1n) is 6.27. The number of nitrogens with zero attached hydrogens (tertiary/aromatic N) is 1. The van der Waals surface area contributed by atoms with Crippen LogP contribution >= 0.6 is 0 Å². The van der Waals surface area contributed by atoms with Gasteiger partial charge in [0.1, 0.15) is 5.75 Å². The molecule has 122 valence electrons. The molecule has 5 nitrogen and oxygen atoms in total. The Labute approximate surface area is 127 Å². The molecule has 2 aromatic carbocycles. The molecule has 1 N–H and O–H groups in total. The number of hydrogen-bond acceptors (Lipinski definition) is 4. The van der Waals surface area contributed by atoms with Gasteiger partial charge in [-0.1, -0.05) is 12.1 Å². The van der Waals surface area contributed by atoms with Crippen molar-refractivity contribution in [1.29, 1.82) is 0 Å². The van der Waals surface area contributed by atoms with Gasteiger partial charge in [-0.05, 0) is 23.8 Å². The highest BCUT2D eigenvalue weighted by atomic mass is 19.4. The van der Waals surface area contributed by atoms with E-state index < -0.39 is 17.1 Å². The van der Waals surface area contributed by atoms with Crippen molar-refractivity contribution in [2.75, 3.05) is 5.32 Å². The average Bonchev–Trinajstić information content (AvgIpc) is 2.45. The average molecular weight is 330 g/mol. The van der Waals surface area contributed by atoms with Gasteiger partial charge in [0.2, 0.25) is 0 Å². The molecule has 0 amide bonds. The summed E-state index contributed by atoms with van der Waals surface area (Å²) in [7, 11) is 0. The summed E-state index contributed by atoms with van der Waals surface area (Å²) in [6, 6.07) is 8.19. The van der Waals surface area contributed by atoms with Gasteiger partial charge in [-0.2, -0.15) is 0 Å². The molecule has 0 aliphatic heterocycles. The topological polar surface area (TPSA) is 64.4 Å². The van der Waals surface area contributed by atoms with Crippen LogP contribution in [0.2, 0.25) is 0 Å². The lowest BCUT2D eigenvalue weighted by Gasteiger charge is -2.10. The Morgan fingerprint density at radius 2 is 1.78 bits per heavy atom. The van der Waals surface area contributed by atoms with Gasteiger partial charge in [-0.3, -0.25) is 10.1 Å². The standard InChI is InChI=1S/C14H10F4N2O3/c15-12-7-10(20(21)22)3-6-13(12)19-8-9-1-4-11(5-2-9)23-14(16,17)18/h1-7,19H,8H2.